The smallest absolute Gasteiger partial charge is 0.163 e. The highest BCUT2D eigenvalue weighted by Crippen LogP contribution is 2.23. The first kappa shape index (κ1) is 16.3. The molecule has 118 valence electrons. The maximum Gasteiger partial charge on any atom is 0.163 e. The van der Waals surface area contributed by atoms with Crippen molar-refractivity contribution in [1.29, 1.82) is 0 Å². The third-order valence-electron chi connectivity index (χ3n) is 4.11. The van der Waals surface area contributed by atoms with Gasteiger partial charge < -0.3 is 15.0 Å². The molecule has 0 aromatic heterocycles. The average Bonchev–Trinajstić information content (AvgIpc) is 3.00. The molecule has 1 fully saturated rings. The van der Waals surface area contributed by atoms with Crippen LogP contribution in [-0.4, -0.2) is 44.3 Å². The zero-order chi connectivity index (χ0) is 15.2. The normalized spacial score (nSPS) is 20.1. The summed E-state index contributed by atoms with van der Waals surface area (Å²) in [4.78, 5) is 2.24. The fourth-order valence-corrected chi connectivity index (χ4v) is 2.79. The summed E-state index contributed by atoms with van der Waals surface area (Å²) in [5, 5.41) is 3.25. The fourth-order valence-electron chi connectivity index (χ4n) is 2.79. The van der Waals surface area contributed by atoms with Crippen molar-refractivity contribution in [3.8, 4) is 0 Å². The first-order valence-electron chi connectivity index (χ1n) is 7.58. The van der Waals surface area contributed by atoms with Gasteiger partial charge in [0.05, 0.1) is 6.61 Å². The Kier molecular flexibility index (Phi) is 6.08. The van der Waals surface area contributed by atoms with Crippen molar-refractivity contribution in [2.45, 2.75) is 31.8 Å². The monoisotopic (exact) mass is 298 g/mol. The van der Waals surface area contributed by atoms with E-state index in [1.54, 1.807) is 12.1 Å². The van der Waals surface area contributed by atoms with Gasteiger partial charge in [-0.15, -0.1) is 0 Å². The van der Waals surface area contributed by atoms with E-state index in [1.807, 2.05) is 6.92 Å². The van der Waals surface area contributed by atoms with E-state index < -0.39 is 11.6 Å². The van der Waals surface area contributed by atoms with Crippen LogP contribution in [0.25, 0.3) is 0 Å². The molecular weight excluding hydrogens is 274 g/mol. The first-order chi connectivity index (χ1) is 10.1. The fraction of sp³-hybridized carbons (Fsp3) is 0.625. The molecule has 21 heavy (non-hydrogen) atoms. The summed E-state index contributed by atoms with van der Waals surface area (Å²) in [5.74, 6) is -1.52. The van der Waals surface area contributed by atoms with Crippen molar-refractivity contribution in [1.82, 2.24) is 10.2 Å². The van der Waals surface area contributed by atoms with Crippen molar-refractivity contribution >= 4 is 0 Å². The van der Waals surface area contributed by atoms with Gasteiger partial charge >= 0.3 is 0 Å². The van der Waals surface area contributed by atoms with E-state index in [4.69, 9.17) is 4.74 Å². The number of rotatable bonds is 7. The van der Waals surface area contributed by atoms with Gasteiger partial charge in [0.25, 0.3) is 0 Å². The van der Waals surface area contributed by atoms with E-state index in [0.29, 0.717) is 11.6 Å². The van der Waals surface area contributed by atoms with Gasteiger partial charge in [-0.2, -0.15) is 0 Å². The van der Waals surface area contributed by atoms with Crippen LogP contribution in [0.15, 0.2) is 18.2 Å². The predicted molar refractivity (Wildman–Crippen MR) is 79.2 cm³/mol. The van der Waals surface area contributed by atoms with Gasteiger partial charge in [0.2, 0.25) is 0 Å². The Labute approximate surface area is 125 Å². The highest BCUT2D eigenvalue weighted by Gasteiger charge is 2.22. The second-order valence-electron chi connectivity index (χ2n) is 5.54. The number of nitrogens with one attached hydrogen (secondary N) is 1. The number of likely N-dealkylation sites (N-methyl/N-ethyl adjacent to an activating group) is 1. The maximum atomic E-state index is 14.0. The second-order valence-corrected chi connectivity index (χ2v) is 5.54. The number of ether oxygens (including phenoxy) is 1. The molecule has 1 aliphatic rings. The summed E-state index contributed by atoms with van der Waals surface area (Å²) in [5.41, 5.74) is 0.410. The van der Waals surface area contributed by atoms with Crippen LogP contribution in [0, 0.1) is 11.6 Å². The first-order valence-corrected chi connectivity index (χ1v) is 7.58. The van der Waals surface area contributed by atoms with Gasteiger partial charge in [0, 0.05) is 30.8 Å². The lowest BCUT2D eigenvalue weighted by Gasteiger charge is -2.26. The van der Waals surface area contributed by atoms with Gasteiger partial charge in [-0.1, -0.05) is 19.1 Å². The van der Waals surface area contributed by atoms with E-state index in [-0.39, 0.29) is 6.04 Å². The molecule has 1 aliphatic heterocycles. The van der Waals surface area contributed by atoms with Crippen molar-refractivity contribution < 1.29 is 13.5 Å². The van der Waals surface area contributed by atoms with Crippen molar-refractivity contribution in [3.05, 3.63) is 35.4 Å². The van der Waals surface area contributed by atoms with Gasteiger partial charge in [-0.05, 0) is 32.5 Å². The van der Waals surface area contributed by atoms with E-state index >= 15 is 0 Å². The van der Waals surface area contributed by atoms with Gasteiger partial charge in [0.15, 0.2) is 11.6 Å². The Morgan fingerprint density at radius 3 is 2.90 bits per heavy atom. The number of benzene rings is 1. The zero-order valence-corrected chi connectivity index (χ0v) is 12.7. The highest BCUT2D eigenvalue weighted by molar-refractivity contribution is 5.22. The summed E-state index contributed by atoms with van der Waals surface area (Å²) in [6.45, 7) is 5.08. The van der Waals surface area contributed by atoms with E-state index in [0.717, 1.165) is 45.2 Å². The lowest BCUT2D eigenvalue weighted by Crippen LogP contribution is -2.35. The van der Waals surface area contributed by atoms with Crippen LogP contribution in [0.3, 0.4) is 0 Å². The molecule has 0 aliphatic carbocycles. The minimum Gasteiger partial charge on any atom is -0.380 e. The van der Waals surface area contributed by atoms with E-state index in [2.05, 4.69) is 17.3 Å². The molecule has 0 bridgehead atoms. The molecule has 1 N–H and O–H groups in total. The zero-order valence-electron chi connectivity index (χ0n) is 12.7. The van der Waals surface area contributed by atoms with Gasteiger partial charge in [-0.3, -0.25) is 0 Å². The summed E-state index contributed by atoms with van der Waals surface area (Å²) in [7, 11) is 2.06. The lowest BCUT2D eigenvalue weighted by molar-refractivity contribution is 0.156. The Morgan fingerprint density at radius 1 is 1.43 bits per heavy atom. The predicted octanol–water partition coefficient (Wildman–Crippen LogP) is 2.73. The number of nitrogens with zero attached hydrogens (tertiary/aromatic N) is 1. The Hall–Kier alpha value is -1.04. The molecule has 0 radical (unpaired) electrons. The summed E-state index contributed by atoms with van der Waals surface area (Å²) in [6, 6.07) is 4.64. The SMILES string of the molecule is CCNC(CCN(C)C1CCOC1)c1cccc(F)c1F. The number of halogens is 2. The minimum absolute atomic E-state index is 0.171. The highest BCUT2D eigenvalue weighted by atomic mass is 19.2. The molecule has 1 aromatic carbocycles. The van der Waals surface area contributed by atoms with Crippen LogP contribution in [-0.2, 0) is 4.74 Å². The van der Waals surface area contributed by atoms with Gasteiger partial charge in [0.1, 0.15) is 0 Å². The largest absolute Gasteiger partial charge is 0.380 e. The molecule has 2 unspecified atom stereocenters. The summed E-state index contributed by atoms with van der Waals surface area (Å²) >= 11 is 0. The van der Waals surface area contributed by atoms with Crippen molar-refractivity contribution in [2.24, 2.45) is 0 Å². The molecule has 0 saturated carbocycles. The molecule has 1 aromatic rings. The Balaban J connectivity index is 1.99. The summed E-state index contributed by atoms with van der Waals surface area (Å²) in [6.07, 6.45) is 1.78. The average molecular weight is 298 g/mol. The van der Waals surface area contributed by atoms with Crippen LogP contribution in [0.5, 0.6) is 0 Å². The lowest BCUT2D eigenvalue weighted by atomic mass is 10.0. The third-order valence-corrected chi connectivity index (χ3v) is 4.11. The van der Waals surface area contributed by atoms with E-state index in [1.165, 1.54) is 0 Å². The summed E-state index contributed by atoms with van der Waals surface area (Å²) < 4.78 is 32.7. The molecular formula is C16H24F2N2O. The van der Waals surface area contributed by atoms with Crippen LogP contribution in [0.4, 0.5) is 8.78 Å². The Morgan fingerprint density at radius 2 is 2.24 bits per heavy atom. The second kappa shape index (κ2) is 7.82. The van der Waals surface area contributed by atoms with Crippen LogP contribution < -0.4 is 5.32 Å². The molecule has 0 spiro atoms. The molecule has 2 atom stereocenters. The van der Waals surface area contributed by atoms with Crippen LogP contribution in [0.2, 0.25) is 0 Å². The van der Waals surface area contributed by atoms with Crippen molar-refractivity contribution in [3.63, 3.8) is 0 Å². The van der Waals surface area contributed by atoms with E-state index in [9.17, 15) is 8.78 Å². The third kappa shape index (κ3) is 4.22. The van der Waals surface area contributed by atoms with Gasteiger partial charge in [-0.25, -0.2) is 8.78 Å². The number of hydrogen-bond acceptors (Lipinski definition) is 3. The molecule has 2 rings (SSSR count). The molecule has 5 heteroatoms. The standard InChI is InChI=1S/C16H24F2N2O/c1-3-19-15(13-5-4-6-14(17)16(13)18)7-9-20(2)12-8-10-21-11-12/h4-6,12,15,19H,3,7-11H2,1-2H3. The molecule has 0 amide bonds. The molecule has 3 nitrogen and oxygen atoms in total. The van der Waals surface area contributed by atoms with Crippen molar-refractivity contribution in [2.75, 3.05) is 33.4 Å². The van der Waals surface area contributed by atoms with Crippen LogP contribution in [0.1, 0.15) is 31.4 Å². The molecule has 1 saturated heterocycles. The van der Waals surface area contributed by atoms with Crippen LogP contribution >= 0.6 is 0 Å². The Bertz CT molecular complexity index is 450. The minimum atomic E-state index is -0.784. The molecule has 1 heterocycles. The number of hydrogen-bond donors (Lipinski definition) is 1. The topological polar surface area (TPSA) is 24.5 Å². The maximum absolute atomic E-state index is 14.0. The quantitative estimate of drug-likeness (QED) is 0.837.